The number of ether oxygens (including phenoxy) is 2. The van der Waals surface area contributed by atoms with Gasteiger partial charge in [0.15, 0.2) is 0 Å². The van der Waals surface area contributed by atoms with Gasteiger partial charge in [-0.2, -0.15) is 0 Å². The summed E-state index contributed by atoms with van der Waals surface area (Å²) in [7, 11) is 3.11. The lowest BCUT2D eigenvalue weighted by Gasteiger charge is -2.17. The Morgan fingerprint density at radius 3 is 2.64 bits per heavy atom. The van der Waals surface area contributed by atoms with Crippen molar-refractivity contribution in [3.63, 3.8) is 0 Å². The Kier molecular flexibility index (Phi) is 6.53. The Labute approximate surface area is 165 Å². The molecule has 2 aromatic rings. The molecular weight excluding hydrogens is 356 g/mol. The van der Waals surface area contributed by atoms with Crippen molar-refractivity contribution < 1.29 is 19.1 Å². The number of anilines is 1. The predicted octanol–water partition coefficient (Wildman–Crippen LogP) is 3.12. The van der Waals surface area contributed by atoms with Crippen LogP contribution in [0.25, 0.3) is 0 Å². The summed E-state index contributed by atoms with van der Waals surface area (Å²) in [4.78, 5) is 26.7. The van der Waals surface area contributed by atoms with Gasteiger partial charge >= 0.3 is 0 Å². The van der Waals surface area contributed by atoms with Crippen molar-refractivity contribution in [3.8, 4) is 11.5 Å². The first-order chi connectivity index (χ1) is 13.6. The Morgan fingerprint density at radius 2 is 1.93 bits per heavy atom. The van der Waals surface area contributed by atoms with Gasteiger partial charge in [0.25, 0.3) is 0 Å². The molecule has 1 atom stereocenters. The number of aryl methyl sites for hydroxylation is 1. The van der Waals surface area contributed by atoms with Crippen LogP contribution >= 0.6 is 0 Å². The number of hydrogen-bond acceptors (Lipinski definition) is 4. The topological polar surface area (TPSA) is 67.9 Å². The lowest BCUT2D eigenvalue weighted by molar-refractivity contribution is -0.128. The molecule has 0 bridgehead atoms. The maximum atomic E-state index is 12.6. The summed E-state index contributed by atoms with van der Waals surface area (Å²) in [6, 6.07) is 15.4. The second kappa shape index (κ2) is 9.26. The minimum atomic E-state index is -0.351. The minimum absolute atomic E-state index is 0.0370. The van der Waals surface area contributed by atoms with E-state index in [4.69, 9.17) is 9.47 Å². The molecule has 1 aliphatic rings. The second-order valence-electron chi connectivity index (χ2n) is 6.89. The number of nitrogens with one attached hydrogen (secondary N) is 1. The third-order valence-corrected chi connectivity index (χ3v) is 4.99. The highest BCUT2D eigenvalue weighted by atomic mass is 16.5. The molecular formula is C22H26N2O4. The quantitative estimate of drug-likeness (QED) is 0.762. The molecule has 2 aromatic carbocycles. The summed E-state index contributed by atoms with van der Waals surface area (Å²) in [6.45, 7) is 1.13. The molecule has 6 heteroatoms. The molecule has 148 valence electrons. The lowest BCUT2D eigenvalue weighted by atomic mass is 10.1. The molecule has 1 unspecified atom stereocenters. The van der Waals surface area contributed by atoms with Gasteiger partial charge < -0.3 is 19.7 Å². The first-order valence-corrected chi connectivity index (χ1v) is 9.45. The molecule has 2 amide bonds. The molecule has 0 aliphatic carbocycles. The van der Waals surface area contributed by atoms with Crippen molar-refractivity contribution in [1.82, 2.24) is 4.90 Å². The highest BCUT2D eigenvalue weighted by molar-refractivity contribution is 5.98. The SMILES string of the molecule is COc1ccc(NC(=O)C2CC(=O)N(CCCc3ccccc3)C2)c(OC)c1. The second-order valence-corrected chi connectivity index (χ2v) is 6.89. The van der Waals surface area contributed by atoms with Gasteiger partial charge in [0.2, 0.25) is 11.8 Å². The number of likely N-dealkylation sites (tertiary alicyclic amines) is 1. The zero-order valence-corrected chi connectivity index (χ0v) is 16.3. The van der Waals surface area contributed by atoms with Gasteiger partial charge in [-0.25, -0.2) is 0 Å². The van der Waals surface area contributed by atoms with Gasteiger partial charge in [-0.05, 0) is 30.5 Å². The van der Waals surface area contributed by atoms with Crippen LogP contribution in [0.2, 0.25) is 0 Å². The fourth-order valence-corrected chi connectivity index (χ4v) is 3.42. The Morgan fingerprint density at radius 1 is 1.14 bits per heavy atom. The smallest absolute Gasteiger partial charge is 0.229 e. The van der Waals surface area contributed by atoms with Crippen LogP contribution in [0.15, 0.2) is 48.5 Å². The molecule has 1 aliphatic heterocycles. The molecule has 1 heterocycles. The van der Waals surface area contributed by atoms with E-state index in [9.17, 15) is 9.59 Å². The molecule has 6 nitrogen and oxygen atoms in total. The van der Waals surface area contributed by atoms with Gasteiger partial charge in [0.05, 0.1) is 25.8 Å². The normalized spacial score (nSPS) is 16.1. The standard InChI is InChI=1S/C22H26N2O4/c1-27-18-10-11-19(20(14-18)28-2)23-22(26)17-13-21(25)24(15-17)12-6-9-16-7-4-3-5-8-16/h3-5,7-8,10-11,14,17H,6,9,12-13,15H2,1-2H3,(H,23,26). The number of carbonyl (C=O) groups is 2. The lowest BCUT2D eigenvalue weighted by Crippen LogP contribution is -2.29. The number of carbonyl (C=O) groups excluding carboxylic acids is 2. The minimum Gasteiger partial charge on any atom is -0.497 e. The third-order valence-electron chi connectivity index (χ3n) is 4.99. The van der Waals surface area contributed by atoms with Crippen molar-refractivity contribution in [3.05, 3.63) is 54.1 Å². The van der Waals surface area contributed by atoms with E-state index < -0.39 is 0 Å². The summed E-state index contributed by atoms with van der Waals surface area (Å²) < 4.78 is 10.5. The van der Waals surface area contributed by atoms with E-state index in [0.29, 0.717) is 30.3 Å². The predicted molar refractivity (Wildman–Crippen MR) is 108 cm³/mol. The largest absolute Gasteiger partial charge is 0.497 e. The van der Waals surface area contributed by atoms with Crippen LogP contribution in [-0.4, -0.2) is 44.0 Å². The van der Waals surface area contributed by atoms with Crippen LogP contribution in [0, 0.1) is 5.92 Å². The molecule has 0 aromatic heterocycles. The molecule has 1 saturated heterocycles. The first-order valence-electron chi connectivity index (χ1n) is 9.45. The van der Waals surface area contributed by atoms with Crippen molar-refractivity contribution in [1.29, 1.82) is 0 Å². The molecule has 0 radical (unpaired) electrons. The number of rotatable bonds is 8. The molecule has 0 spiro atoms. The van der Waals surface area contributed by atoms with Crippen molar-refractivity contribution in [2.45, 2.75) is 19.3 Å². The number of amides is 2. The van der Waals surface area contributed by atoms with Gasteiger partial charge in [-0.1, -0.05) is 30.3 Å². The average Bonchev–Trinajstić information content (AvgIpc) is 3.10. The van der Waals surface area contributed by atoms with Crippen LogP contribution in [0.5, 0.6) is 11.5 Å². The van der Waals surface area contributed by atoms with Crippen LogP contribution in [0.4, 0.5) is 5.69 Å². The number of hydrogen-bond donors (Lipinski definition) is 1. The van der Waals surface area contributed by atoms with Crippen LogP contribution in [-0.2, 0) is 16.0 Å². The van der Waals surface area contributed by atoms with Gasteiger partial charge in [-0.15, -0.1) is 0 Å². The summed E-state index contributed by atoms with van der Waals surface area (Å²) in [5.74, 6) is 0.695. The monoisotopic (exact) mass is 382 g/mol. The zero-order chi connectivity index (χ0) is 19.9. The van der Waals surface area contributed by atoms with Crippen molar-refractivity contribution in [2.75, 3.05) is 32.6 Å². The third kappa shape index (κ3) is 4.82. The van der Waals surface area contributed by atoms with E-state index >= 15 is 0 Å². The van der Waals surface area contributed by atoms with Crippen LogP contribution < -0.4 is 14.8 Å². The zero-order valence-electron chi connectivity index (χ0n) is 16.3. The highest BCUT2D eigenvalue weighted by Crippen LogP contribution is 2.30. The Bertz CT molecular complexity index is 823. The van der Waals surface area contributed by atoms with E-state index in [1.807, 2.05) is 18.2 Å². The van der Waals surface area contributed by atoms with Gasteiger partial charge in [0, 0.05) is 25.6 Å². The van der Waals surface area contributed by atoms with Crippen LogP contribution in [0.1, 0.15) is 18.4 Å². The van der Waals surface area contributed by atoms with E-state index in [1.54, 1.807) is 30.2 Å². The van der Waals surface area contributed by atoms with Gasteiger partial charge in [0.1, 0.15) is 11.5 Å². The molecule has 28 heavy (non-hydrogen) atoms. The van der Waals surface area contributed by atoms with E-state index in [-0.39, 0.29) is 24.2 Å². The summed E-state index contributed by atoms with van der Waals surface area (Å²) in [6.07, 6.45) is 2.05. The van der Waals surface area contributed by atoms with E-state index in [0.717, 1.165) is 12.8 Å². The molecule has 1 N–H and O–H groups in total. The Balaban J connectivity index is 1.53. The Hall–Kier alpha value is -3.02. The van der Waals surface area contributed by atoms with Gasteiger partial charge in [-0.3, -0.25) is 9.59 Å². The molecule has 1 fully saturated rings. The van der Waals surface area contributed by atoms with Crippen molar-refractivity contribution in [2.24, 2.45) is 5.92 Å². The summed E-state index contributed by atoms with van der Waals surface area (Å²) in [5, 5.41) is 2.88. The average molecular weight is 382 g/mol. The fourth-order valence-electron chi connectivity index (χ4n) is 3.42. The van der Waals surface area contributed by atoms with Crippen molar-refractivity contribution >= 4 is 17.5 Å². The number of methoxy groups -OCH3 is 2. The molecule has 3 rings (SSSR count). The fraction of sp³-hybridized carbons (Fsp3) is 0.364. The van der Waals surface area contributed by atoms with E-state index in [1.165, 1.54) is 12.7 Å². The summed E-state index contributed by atoms with van der Waals surface area (Å²) in [5.41, 5.74) is 1.83. The van der Waals surface area contributed by atoms with Crippen LogP contribution in [0.3, 0.4) is 0 Å². The first kappa shape index (κ1) is 19.7. The summed E-state index contributed by atoms with van der Waals surface area (Å²) >= 11 is 0. The maximum Gasteiger partial charge on any atom is 0.229 e. The van der Waals surface area contributed by atoms with E-state index in [2.05, 4.69) is 17.4 Å². The molecule has 0 saturated carbocycles. The maximum absolute atomic E-state index is 12.6. The number of nitrogens with zero attached hydrogens (tertiary/aromatic N) is 1. The highest BCUT2D eigenvalue weighted by Gasteiger charge is 2.34. The number of benzene rings is 2.